The summed E-state index contributed by atoms with van der Waals surface area (Å²) in [6.45, 7) is 6.42. The van der Waals surface area contributed by atoms with Crippen LogP contribution in [-0.4, -0.2) is 61.5 Å². The first-order chi connectivity index (χ1) is 16.0. The van der Waals surface area contributed by atoms with Crippen molar-refractivity contribution in [2.75, 3.05) is 45.9 Å². The van der Waals surface area contributed by atoms with Crippen LogP contribution in [0.5, 0.6) is 0 Å². The first kappa shape index (κ1) is 22.6. The number of hydrogen-bond acceptors (Lipinski definition) is 5. The molecule has 3 heterocycles. The summed E-state index contributed by atoms with van der Waals surface area (Å²) in [5.74, 6) is -2.47. The quantitative estimate of drug-likeness (QED) is 0.616. The number of ether oxygens (including phenoxy) is 2. The molecule has 2 saturated heterocycles. The van der Waals surface area contributed by atoms with Crippen molar-refractivity contribution < 1.29 is 23.0 Å². The van der Waals surface area contributed by atoms with Crippen molar-refractivity contribution >= 4 is 5.78 Å². The van der Waals surface area contributed by atoms with Gasteiger partial charge in [0.1, 0.15) is 11.6 Å². The summed E-state index contributed by atoms with van der Waals surface area (Å²) in [5, 5.41) is 0. The van der Waals surface area contributed by atoms with Crippen LogP contribution in [-0.2, 0) is 21.8 Å². The Labute approximate surface area is 193 Å². The maximum Gasteiger partial charge on any atom is 0.208 e. The minimum absolute atomic E-state index is 0.00510. The number of fused-ring (bicyclic) bond motifs is 2. The first-order valence-electron chi connectivity index (χ1n) is 11.8. The molecular formula is C26H30F2N2O3. The minimum atomic E-state index is -0.765. The Bertz CT molecular complexity index is 1000. The Morgan fingerprint density at radius 2 is 1.73 bits per heavy atom. The lowest BCUT2D eigenvalue weighted by atomic mass is 9.88. The number of carbonyl (C=O) groups is 1. The van der Waals surface area contributed by atoms with Gasteiger partial charge in [-0.25, -0.2) is 8.78 Å². The second-order valence-electron chi connectivity index (χ2n) is 9.28. The van der Waals surface area contributed by atoms with Gasteiger partial charge >= 0.3 is 0 Å². The number of halogens is 2. The lowest BCUT2D eigenvalue weighted by Crippen LogP contribution is -2.47. The van der Waals surface area contributed by atoms with E-state index in [0.717, 1.165) is 63.4 Å². The summed E-state index contributed by atoms with van der Waals surface area (Å²) in [7, 11) is 0. The van der Waals surface area contributed by atoms with Crippen LogP contribution < -0.4 is 0 Å². The van der Waals surface area contributed by atoms with E-state index in [9.17, 15) is 13.6 Å². The number of ketones is 1. The van der Waals surface area contributed by atoms with E-state index >= 15 is 0 Å². The van der Waals surface area contributed by atoms with E-state index in [1.165, 1.54) is 11.6 Å². The van der Waals surface area contributed by atoms with E-state index in [-0.39, 0.29) is 17.3 Å². The van der Waals surface area contributed by atoms with Crippen LogP contribution >= 0.6 is 0 Å². The van der Waals surface area contributed by atoms with Crippen LogP contribution in [0.25, 0.3) is 0 Å². The number of nitrogens with zero attached hydrogens (tertiary/aromatic N) is 2. The third-order valence-electron chi connectivity index (χ3n) is 7.11. The van der Waals surface area contributed by atoms with Crippen molar-refractivity contribution in [2.24, 2.45) is 5.92 Å². The van der Waals surface area contributed by atoms with E-state index < -0.39 is 17.4 Å². The summed E-state index contributed by atoms with van der Waals surface area (Å²) >= 11 is 0. The van der Waals surface area contributed by atoms with Crippen molar-refractivity contribution in [1.82, 2.24) is 9.80 Å². The third-order valence-corrected chi connectivity index (χ3v) is 7.11. The maximum absolute atomic E-state index is 14.0. The van der Waals surface area contributed by atoms with Gasteiger partial charge in [0.15, 0.2) is 5.78 Å². The SMILES string of the molecule is O=C(c1ccc(F)cc1F)C1CCN(CCCN2Cc3ccccc3C3(C2)OCCO3)CC1. The largest absolute Gasteiger partial charge is 0.342 e. The zero-order valence-corrected chi connectivity index (χ0v) is 18.8. The van der Waals surface area contributed by atoms with E-state index in [1.807, 2.05) is 6.07 Å². The average Bonchev–Trinajstić information content (AvgIpc) is 3.28. The molecule has 33 heavy (non-hydrogen) atoms. The molecule has 2 fully saturated rings. The number of piperidine rings is 1. The van der Waals surface area contributed by atoms with E-state index in [4.69, 9.17) is 9.47 Å². The minimum Gasteiger partial charge on any atom is -0.342 e. The monoisotopic (exact) mass is 456 g/mol. The van der Waals surface area contributed by atoms with Crippen LogP contribution in [0, 0.1) is 17.6 Å². The van der Waals surface area contributed by atoms with Crippen LogP contribution in [0.3, 0.4) is 0 Å². The predicted octanol–water partition coefficient (Wildman–Crippen LogP) is 3.97. The Hall–Kier alpha value is -2.19. The van der Waals surface area contributed by atoms with Gasteiger partial charge in [-0.15, -0.1) is 0 Å². The lowest BCUT2D eigenvalue weighted by Gasteiger charge is -2.40. The number of likely N-dealkylation sites (tertiary alicyclic amines) is 1. The van der Waals surface area contributed by atoms with Crippen LogP contribution in [0.2, 0.25) is 0 Å². The fourth-order valence-electron chi connectivity index (χ4n) is 5.41. The lowest BCUT2D eigenvalue weighted by molar-refractivity contribution is -0.187. The second kappa shape index (κ2) is 9.58. The second-order valence-corrected chi connectivity index (χ2v) is 9.28. The molecule has 0 unspecified atom stereocenters. The molecule has 2 aromatic rings. The molecule has 0 aliphatic carbocycles. The Morgan fingerprint density at radius 1 is 1.00 bits per heavy atom. The smallest absolute Gasteiger partial charge is 0.208 e. The molecule has 0 aromatic heterocycles. The molecule has 0 saturated carbocycles. The van der Waals surface area contributed by atoms with Crippen molar-refractivity contribution in [1.29, 1.82) is 0 Å². The predicted molar refractivity (Wildman–Crippen MR) is 120 cm³/mol. The highest BCUT2D eigenvalue weighted by Gasteiger charge is 2.44. The highest BCUT2D eigenvalue weighted by atomic mass is 19.1. The number of rotatable bonds is 6. The van der Waals surface area contributed by atoms with Crippen molar-refractivity contribution in [2.45, 2.75) is 31.6 Å². The van der Waals surface area contributed by atoms with Gasteiger partial charge in [0.25, 0.3) is 0 Å². The van der Waals surface area contributed by atoms with Gasteiger partial charge in [0.2, 0.25) is 5.79 Å². The summed E-state index contributed by atoms with van der Waals surface area (Å²) in [4.78, 5) is 17.5. The van der Waals surface area contributed by atoms with E-state index in [0.29, 0.717) is 26.1 Å². The first-order valence-corrected chi connectivity index (χ1v) is 11.8. The normalized spacial score (nSPS) is 21.4. The van der Waals surface area contributed by atoms with E-state index in [2.05, 4.69) is 28.0 Å². The topological polar surface area (TPSA) is 42.0 Å². The van der Waals surface area contributed by atoms with Crippen LogP contribution in [0.15, 0.2) is 42.5 Å². The van der Waals surface area contributed by atoms with Gasteiger partial charge in [-0.1, -0.05) is 24.3 Å². The Balaban J connectivity index is 1.11. The van der Waals surface area contributed by atoms with Crippen LogP contribution in [0.1, 0.15) is 40.7 Å². The molecule has 0 atom stereocenters. The highest BCUT2D eigenvalue weighted by molar-refractivity contribution is 5.98. The fourth-order valence-corrected chi connectivity index (χ4v) is 5.41. The zero-order valence-electron chi connectivity index (χ0n) is 18.8. The Morgan fingerprint density at radius 3 is 2.48 bits per heavy atom. The van der Waals surface area contributed by atoms with Crippen molar-refractivity contribution in [3.05, 3.63) is 70.8 Å². The third kappa shape index (κ3) is 4.73. The summed E-state index contributed by atoms with van der Waals surface area (Å²) in [5.41, 5.74) is 2.42. The van der Waals surface area contributed by atoms with Gasteiger partial charge in [-0.05, 0) is 63.1 Å². The molecule has 0 bridgehead atoms. The highest BCUT2D eigenvalue weighted by Crippen LogP contribution is 2.38. The van der Waals surface area contributed by atoms with Gasteiger partial charge in [-0.2, -0.15) is 0 Å². The molecule has 1 spiro atoms. The summed E-state index contributed by atoms with van der Waals surface area (Å²) in [6.07, 6.45) is 2.43. The molecule has 0 N–H and O–H groups in total. The number of benzene rings is 2. The molecule has 5 nitrogen and oxygen atoms in total. The van der Waals surface area contributed by atoms with Crippen molar-refractivity contribution in [3.8, 4) is 0 Å². The number of carbonyl (C=O) groups excluding carboxylic acids is 1. The molecular weight excluding hydrogens is 426 g/mol. The van der Waals surface area contributed by atoms with Crippen LogP contribution in [0.4, 0.5) is 8.78 Å². The standard InChI is InChI=1S/C26H30F2N2O3/c27-21-6-7-22(24(28)16-21)25(31)19-8-12-29(13-9-19)10-3-11-30-17-20-4-1-2-5-23(20)26(18-30)32-14-15-33-26/h1-2,4-7,16,19H,3,8-15,17-18H2. The number of Topliss-reactive ketones (excluding diaryl/α,β-unsaturated/α-hetero) is 1. The molecule has 0 radical (unpaired) electrons. The van der Waals surface area contributed by atoms with Gasteiger partial charge in [0.05, 0.1) is 25.3 Å². The molecule has 7 heteroatoms. The molecule has 3 aliphatic rings. The van der Waals surface area contributed by atoms with Gasteiger partial charge in [0, 0.05) is 24.1 Å². The summed E-state index contributed by atoms with van der Waals surface area (Å²) < 4.78 is 39.3. The molecule has 0 amide bonds. The average molecular weight is 457 g/mol. The van der Waals surface area contributed by atoms with Gasteiger partial charge in [-0.3, -0.25) is 9.69 Å². The van der Waals surface area contributed by atoms with Gasteiger partial charge < -0.3 is 14.4 Å². The Kier molecular flexibility index (Phi) is 6.56. The molecule has 2 aromatic carbocycles. The molecule has 176 valence electrons. The zero-order chi connectivity index (χ0) is 22.8. The molecule has 3 aliphatic heterocycles. The van der Waals surface area contributed by atoms with E-state index in [1.54, 1.807) is 0 Å². The molecule has 5 rings (SSSR count). The summed E-state index contributed by atoms with van der Waals surface area (Å²) in [6, 6.07) is 11.6. The number of hydrogen-bond donors (Lipinski definition) is 0. The van der Waals surface area contributed by atoms with Crippen molar-refractivity contribution in [3.63, 3.8) is 0 Å². The maximum atomic E-state index is 14.0. The fraction of sp³-hybridized carbons (Fsp3) is 0.500.